The van der Waals surface area contributed by atoms with Gasteiger partial charge < -0.3 is 10.5 Å². The summed E-state index contributed by atoms with van der Waals surface area (Å²) in [7, 11) is 0. The molecule has 0 spiro atoms. The van der Waals surface area contributed by atoms with Crippen LogP contribution in [0.3, 0.4) is 0 Å². The third-order valence-corrected chi connectivity index (χ3v) is 4.52. The summed E-state index contributed by atoms with van der Waals surface area (Å²) in [4.78, 5) is 2.48. The fourth-order valence-electron chi connectivity index (χ4n) is 2.84. The number of benzene rings is 1. The standard InChI is InChI=1S/C18H30N2O/c1-13(19)17-12-20(10-11-21-17)14(2)15-6-8-16(9-7-15)18(3,4)5/h6-9,13-14,17H,10-12,19H2,1-5H3. The van der Waals surface area contributed by atoms with Crippen LogP contribution in [0.5, 0.6) is 0 Å². The van der Waals surface area contributed by atoms with Gasteiger partial charge in [0.05, 0.1) is 12.7 Å². The first-order chi connectivity index (χ1) is 9.79. The highest BCUT2D eigenvalue weighted by Crippen LogP contribution is 2.27. The molecule has 1 fully saturated rings. The molecule has 1 heterocycles. The minimum absolute atomic E-state index is 0.0864. The van der Waals surface area contributed by atoms with E-state index in [-0.39, 0.29) is 17.6 Å². The van der Waals surface area contributed by atoms with Crippen LogP contribution in [0.2, 0.25) is 0 Å². The number of rotatable bonds is 3. The highest BCUT2D eigenvalue weighted by molar-refractivity contribution is 5.29. The van der Waals surface area contributed by atoms with Gasteiger partial charge in [-0.05, 0) is 30.4 Å². The molecule has 3 heteroatoms. The van der Waals surface area contributed by atoms with Crippen LogP contribution < -0.4 is 5.73 Å². The maximum absolute atomic E-state index is 5.98. The van der Waals surface area contributed by atoms with Crippen LogP contribution >= 0.6 is 0 Å². The van der Waals surface area contributed by atoms with Crippen LogP contribution in [-0.4, -0.2) is 36.7 Å². The first-order valence-corrected chi connectivity index (χ1v) is 8.00. The lowest BCUT2D eigenvalue weighted by atomic mass is 9.86. The molecule has 0 aromatic heterocycles. The number of hydrogen-bond acceptors (Lipinski definition) is 3. The predicted octanol–water partition coefficient (Wildman–Crippen LogP) is 3.09. The molecule has 0 aliphatic carbocycles. The van der Waals surface area contributed by atoms with E-state index in [4.69, 9.17) is 10.5 Å². The Morgan fingerprint density at radius 2 is 1.81 bits per heavy atom. The van der Waals surface area contributed by atoms with E-state index >= 15 is 0 Å². The first kappa shape index (κ1) is 16.5. The van der Waals surface area contributed by atoms with E-state index in [2.05, 4.69) is 56.9 Å². The number of morpholine rings is 1. The number of hydrogen-bond donors (Lipinski definition) is 1. The molecule has 0 bridgehead atoms. The Morgan fingerprint density at radius 3 is 2.33 bits per heavy atom. The van der Waals surface area contributed by atoms with Gasteiger partial charge in [-0.2, -0.15) is 0 Å². The Bertz CT molecular complexity index is 447. The van der Waals surface area contributed by atoms with Crippen molar-refractivity contribution in [3.63, 3.8) is 0 Å². The quantitative estimate of drug-likeness (QED) is 0.929. The lowest BCUT2D eigenvalue weighted by molar-refractivity contribution is -0.0498. The molecule has 1 saturated heterocycles. The van der Waals surface area contributed by atoms with Crippen molar-refractivity contribution in [3.05, 3.63) is 35.4 Å². The SMILES string of the molecule is CC(N)C1CN(C(C)c2ccc(C(C)(C)C)cc2)CCO1. The lowest BCUT2D eigenvalue weighted by Crippen LogP contribution is -2.50. The fraction of sp³-hybridized carbons (Fsp3) is 0.667. The fourth-order valence-corrected chi connectivity index (χ4v) is 2.84. The van der Waals surface area contributed by atoms with Crippen molar-refractivity contribution in [2.45, 2.75) is 58.2 Å². The highest BCUT2D eigenvalue weighted by atomic mass is 16.5. The van der Waals surface area contributed by atoms with E-state index in [1.807, 2.05) is 6.92 Å². The molecular formula is C18H30N2O. The molecule has 2 N–H and O–H groups in total. The van der Waals surface area contributed by atoms with Gasteiger partial charge in [0.2, 0.25) is 0 Å². The minimum Gasteiger partial charge on any atom is -0.374 e. The first-order valence-electron chi connectivity index (χ1n) is 8.00. The zero-order chi connectivity index (χ0) is 15.6. The third kappa shape index (κ3) is 4.06. The van der Waals surface area contributed by atoms with Crippen molar-refractivity contribution in [2.24, 2.45) is 5.73 Å². The summed E-state index contributed by atoms with van der Waals surface area (Å²) in [6.45, 7) is 13.7. The molecule has 2 rings (SSSR count). The second kappa shape index (κ2) is 6.47. The largest absolute Gasteiger partial charge is 0.374 e. The smallest absolute Gasteiger partial charge is 0.0850 e. The topological polar surface area (TPSA) is 38.5 Å². The molecule has 1 aromatic rings. The molecule has 0 radical (unpaired) electrons. The average molecular weight is 290 g/mol. The number of nitrogens with two attached hydrogens (primary N) is 1. The zero-order valence-electron chi connectivity index (χ0n) is 14.1. The maximum Gasteiger partial charge on any atom is 0.0850 e. The summed E-state index contributed by atoms with van der Waals surface area (Å²) in [5.74, 6) is 0. The van der Waals surface area contributed by atoms with Gasteiger partial charge in [-0.1, -0.05) is 45.0 Å². The van der Waals surface area contributed by atoms with Crippen molar-refractivity contribution in [1.29, 1.82) is 0 Å². The van der Waals surface area contributed by atoms with Crippen molar-refractivity contribution in [1.82, 2.24) is 4.90 Å². The van der Waals surface area contributed by atoms with Crippen LogP contribution in [-0.2, 0) is 10.2 Å². The Labute approximate surface area is 129 Å². The van der Waals surface area contributed by atoms with E-state index in [1.165, 1.54) is 11.1 Å². The molecule has 1 aromatic carbocycles. The summed E-state index contributed by atoms with van der Waals surface area (Å²) >= 11 is 0. The Hall–Kier alpha value is -0.900. The van der Waals surface area contributed by atoms with Gasteiger partial charge in [0.1, 0.15) is 0 Å². The normalized spacial score (nSPS) is 23.8. The van der Waals surface area contributed by atoms with Crippen LogP contribution in [0.15, 0.2) is 24.3 Å². The molecule has 0 amide bonds. The van der Waals surface area contributed by atoms with Gasteiger partial charge >= 0.3 is 0 Å². The average Bonchev–Trinajstić information content (AvgIpc) is 2.46. The molecule has 3 nitrogen and oxygen atoms in total. The molecule has 1 aliphatic heterocycles. The van der Waals surface area contributed by atoms with Crippen molar-refractivity contribution < 1.29 is 4.74 Å². The molecule has 118 valence electrons. The Kier molecular flexibility index (Phi) is 5.07. The summed E-state index contributed by atoms with van der Waals surface area (Å²) in [5.41, 5.74) is 8.95. The van der Waals surface area contributed by atoms with E-state index in [1.54, 1.807) is 0 Å². The third-order valence-electron chi connectivity index (χ3n) is 4.52. The van der Waals surface area contributed by atoms with Gasteiger partial charge in [-0.25, -0.2) is 0 Å². The van der Waals surface area contributed by atoms with E-state index in [9.17, 15) is 0 Å². The van der Waals surface area contributed by atoms with Crippen LogP contribution in [0.1, 0.15) is 51.8 Å². The minimum atomic E-state index is 0.0864. The Morgan fingerprint density at radius 1 is 1.19 bits per heavy atom. The zero-order valence-corrected chi connectivity index (χ0v) is 14.1. The summed E-state index contributed by atoms with van der Waals surface area (Å²) in [5, 5.41) is 0. The molecule has 3 unspecified atom stereocenters. The van der Waals surface area contributed by atoms with Gasteiger partial charge in [-0.3, -0.25) is 4.90 Å². The van der Waals surface area contributed by atoms with Crippen LogP contribution in [0.25, 0.3) is 0 Å². The van der Waals surface area contributed by atoms with Crippen molar-refractivity contribution in [2.75, 3.05) is 19.7 Å². The molecule has 21 heavy (non-hydrogen) atoms. The molecule has 3 atom stereocenters. The molecule has 0 saturated carbocycles. The second-order valence-electron chi connectivity index (χ2n) is 7.31. The van der Waals surface area contributed by atoms with E-state index in [0.29, 0.717) is 6.04 Å². The van der Waals surface area contributed by atoms with Gasteiger partial charge in [0.15, 0.2) is 0 Å². The van der Waals surface area contributed by atoms with E-state index < -0.39 is 0 Å². The second-order valence-corrected chi connectivity index (χ2v) is 7.31. The number of nitrogens with zero attached hydrogens (tertiary/aromatic N) is 1. The number of ether oxygens (including phenoxy) is 1. The molecule has 1 aliphatic rings. The lowest BCUT2D eigenvalue weighted by Gasteiger charge is -2.38. The summed E-state index contributed by atoms with van der Waals surface area (Å²) < 4.78 is 5.75. The van der Waals surface area contributed by atoms with E-state index in [0.717, 1.165) is 19.7 Å². The van der Waals surface area contributed by atoms with Crippen molar-refractivity contribution in [3.8, 4) is 0 Å². The van der Waals surface area contributed by atoms with Gasteiger partial charge in [0.25, 0.3) is 0 Å². The van der Waals surface area contributed by atoms with Crippen molar-refractivity contribution >= 4 is 0 Å². The maximum atomic E-state index is 5.98. The van der Waals surface area contributed by atoms with Gasteiger partial charge in [0, 0.05) is 25.2 Å². The predicted molar refractivity (Wildman–Crippen MR) is 88.5 cm³/mol. The van der Waals surface area contributed by atoms with Crippen LogP contribution in [0.4, 0.5) is 0 Å². The monoisotopic (exact) mass is 290 g/mol. The summed E-state index contributed by atoms with van der Waals surface area (Å²) in [6, 6.07) is 9.54. The summed E-state index contributed by atoms with van der Waals surface area (Å²) in [6.07, 6.45) is 0.148. The highest BCUT2D eigenvalue weighted by Gasteiger charge is 2.27. The van der Waals surface area contributed by atoms with Gasteiger partial charge in [-0.15, -0.1) is 0 Å². The van der Waals surface area contributed by atoms with Crippen LogP contribution in [0, 0.1) is 0 Å². The molecular weight excluding hydrogens is 260 g/mol. The Balaban J connectivity index is 2.07.